The van der Waals surface area contributed by atoms with Gasteiger partial charge in [-0.05, 0) is 85.6 Å². The molecule has 0 radical (unpaired) electrons. The van der Waals surface area contributed by atoms with Gasteiger partial charge in [-0.1, -0.05) is 109 Å². The number of fused-ring (bicyclic) bond motifs is 9. The van der Waals surface area contributed by atoms with Gasteiger partial charge in [-0.25, -0.2) is 9.97 Å². The lowest BCUT2D eigenvalue weighted by Gasteiger charge is -2.16. The second kappa shape index (κ2) is 9.37. The summed E-state index contributed by atoms with van der Waals surface area (Å²) >= 11 is 0. The second-order valence-corrected chi connectivity index (χ2v) is 11.0. The van der Waals surface area contributed by atoms with Gasteiger partial charge in [0.15, 0.2) is 5.82 Å². The van der Waals surface area contributed by atoms with E-state index in [0.29, 0.717) is 0 Å². The minimum absolute atomic E-state index is 0.829. The number of imidazole rings is 1. The van der Waals surface area contributed by atoms with Crippen molar-refractivity contribution in [3.63, 3.8) is 0 Å². The summed E-state index contributed by atoms with van der Waals surface area (Å²) in [6.07, 6.45) is 0. The largest absolute Gasteiger partial charge is 0.291 e. The fourth-order valence-electron chi connectivity index (χ4n) is 6.72. The van der Waals surface area contributed by atoms with E-state index in [1.165, 1.54) is 43.1 Å². The van der Waals surface area contributed by atoms with Gasteiger partial charge in [-0.3, -0.25) is 4.57 Å². The molecule has 200 valence electrons. The standard InChI is InChI=1S/C40H25N3/c1-2-13-26(14-3-1)43-38-24-11-10-21-36(38)42-40(43)37-23-12-22-35(41-37)33-25-34-29-17-5-4-15-27(29)28-16-6-8-19-31(28)39(34)32-20-9-7-18-30(32)33/h1-25H. The number of rotatable bonds is 3. The Morgan fingerprint density at radius 2 is 0.953 bits per heavy atom. The van der Waals surface area contributed by atoms with E-state index in [0.717, 1.165) is 39.5 Å². The molecule has 9 aromatic rings. The van der Waals surface area contributed by atoms with Crippen molar-refractivity contribution in [1.82, 2.24) is 14.5 Å². The van der Waals surface area contributed by atoms with Crippen LogP contribution in [0.15, 0.2) is 152 Å². The molecule has 0 fully saturated rings. The van der Waals surface area contributed by atoms with Crippen LogP contribution in [0.4, 0.5) is 0 Å². The first-order valence-electron chi connectivity index (χ1n) is 14.6. The maximum absolute atomic E-state index is 5.31. The molecule has 2 aromatic heterocycles. The fourth-order valence-corrected chi connectivity index (χ4v) is 6.72. The van der Waals surface area contributed by atoms with E-state index in [2.05, 4.69) is 144 Å². The van der Waals surface area contributed by atoms with Gasteiger partial charge in [0.05, 0.1) is 16.7 Å². The van der Waals surface area contributed by atoms with Crippen molar-refractivity contribution in [2.75, 3.05) is 0 Å². The number of hydrogen-bond acceptors (Lipinski definition) is 2. The van der Waals surface area contributed by atoms with Crippen molar-refractivity contribution in [3.8, 4) is 28.5 Å². The minimum Gasteiger partial charge on any atom is -0.291 e. The smallest absolute Gasteiger partial charge is 0.164 e. The molecule has 0 saturated heterocycles. The molecule has 2 heterocycles. The van der Waals surface area contributed by atoms with Crippen molar-refractivity contribution < 1.29 is 0 Å². The Bertz CT molecular complexity index is 2510. The molecule has 0 aliphatic carbocycles. The van der Waals surface area contributed by atoms with Crippen LogP contribution in [-0.2, 0) is 0 Å². The molecule has 0 unspecified atom stereocenters. The summed E-state index contributed by atoms with van der Waals surface area (Å²) < 4.78 is 2.21. The zero-order valence-electron chi connectivity index (χ0n) is 23.3. The maximum Gasteiger partial charge on any atom is 0.164 e. The average Bonchev–Trinajstić information content (AvgIpc) is 3.48. The van der Waals surface area contributed by atoms with E-state index in [-0.39, 0.29) is 0 Å². The number of nitrogens with zero attached hydrogens (tertiary/aromatic N) is 3. The molecule has 3 heteroatoms. The molecule has 0 amide bonds. The van der Waals surface area contributed by atoms with E-state index in [4.69, 9.17) is 9.97 Å². The zero-order chi connectivity index (χ0) is 28.3. The van der Waals surface area contributed by atoms with E-state index >= 15 is 0 Å². The van der Waals surface area contributed by atoms with Crippen molar-refractivity contribution in [1.29, 1.82) is 0 Å². The first-order valence-corrected chi connectivity index (χ1v) is 14.6. The number of pyridine rings is 1. The molecule has 0 aliphatic rings. The highest BCUT2D eigenvalue weighted by atomic mass is 15.1. The van der Waals surface area contributed by atoms with Gasteiger partial charge in [0.25, 0.3) is 0 Å². The van der Waals surface area contributed by atoms with E-state index < -0.39 is 0 Å². The van der Waals surface area contributed by atoms with Crippen LogP contribution in [0.5, 0.6) is 0 Å². The molecular formula is C40H25N3. The van der Waals surface area contributed by atoms with Crippen LogP contribution < -0.4 is 0 Å². The van der Waals surface area contributed by atoms with E-state index in [9.17, 15) is 0 Å². The zero-order valence-corrected chi connectivity index (χ0v) is 23.3. The molecule has 0 spiro atoms. The molecule has 7 aromatic carbocycles. The third-order valence-electron chi connectivity index (χ3n) is 8.58. The van der Waals surface area contributed by atoms with Crippen LogP contribution in [0.3, 0.4) is 0 Å². The minimum atomic E-state index is 0.829. The summed E-state index contributed by atoms with van der Waals surface area (Å²) in [6.45, 7) is 0. The summed E-state index contributed by atoms with van der Waals surface area (Å²) in [7, 11) is 0. The summed E-state index contributed by atoms with van der Waals surface area (Å²) in [5, 5.41) is 10.0. The number of aromatic nitrogens is 3. The lowest BCUT2D eigenvalue weighted by atomic mass is 9.88. The molecule has 0 atom stereocenters. The Kier molecular flexibility index (Phi) is 5.20. The van der Waals surface area contributed by atoms with Crippen molar-refractivity contribution >= 4 is 54.1 Å². The molecule has 0 N–H and O–H groups in total. The van der Waals surface area contributed by atoms with Gasteiger partial charge in [0, 0.05) is 11.3 Å². The van der Waals surface area contributed by atoms with Crippen LogP contribution >= 0.6 is 0 Å². The summed E-state index contributed by atoms with van der Waals surface area (Å²) in [5.41, 5.74) is 5.96. The second-order valence-electron chi connectivity index (χ2n) is 11.0. The third-order valence-corrected chi connectivity index (χ3v) is 8.58. The van der Waals surface area contributed by atoms with Gasteiger partial charge in [-0.15, -0.1) is 0 Å². The van der Waals surface area contributed by atoms with Crippen molar-refractivity contribution in [2.24, 2.45) is 0 Å². The first-order chi connectivity index (χ1) is 21.3. The summed E-state index contributed by atoms with van der Waals surface area (Å²) in [6, 6.07) is 53.6. The van der Waals surface area contributed by atoms with E-state index in [1.54, 1.807) is 0 Å². The molecule has 0 saturated carbocycles. The SMILES string of the molecule is c1ccc(-n2c(-c3cccc(-c4cc5c6ccccc6c6ccccc6c5c5ccccc45)n3)nc3ccccc32)cc1. The Morgan fingerprint density at radius 1 is 0.395 bits per heavy atom. The molecular weight excluding hydrogens is 522 g/mol. The molecule has 43 heavy (non-hydrogen) atoms. The Balaban J connectivity index is 1.35. The predicted molar refractivity (Wildman–Crippen MR) is 180 cm³/mol. The lowest BCUT2D eigenvalue weighted by Crippen LogP contribution is -1.99. The van der Waals surface area contributed by atoms with Gasteiger partial charge < -0.3 is 0 Å². The van der Waals surface area contributed by atoms with Crippen LogP contribution in [0.1, 0.15) is 0 Å². The van der Waals surface area contributed by atoms with Gasteiger partial charge in [-0.2, -0.15) is 0 Å². The highest BCUT2D eigenvalue weighted by Gasteiger charge is 2.18. The quantitative estimate of drug-likeness (QED) is 0.206. The van der Waals surface area contributed by atoms with E-state index in [1.807, 2.05) is 12.1 Å². The number of para-hydroxylation sites is 3. The summed E-state index contributed by atoms with van der Waals surface area (Å²) in [4.78, 5) is 10.4. The van der Waals surface area contributed by atoms with Crippen LogP contribution in [0.25, 0.3) is 82.6 Å². The monoisotopic (exact) mass is 547 g/mol. The average molecular weight is 548 g/mol. The lowest BCUT2D eigenvalue weighted by molar-refractivity contribution is 1.08. The first kappa shape index (κ1) is 23.9. The topological polar surface area (TPSA) is 30.7 Å². The fraction of sp³-hybridized carbons (Fsp3) is 0. The van der Waals surface area contributed by atoms with Crippen LogP contribution in [0, 0.1) is 0 Å². The highest BCUT2D eigenvalue weighted by molar-refractivity contribution is 6.32. The maximum atomic E-state index is 5.31. The molecule has 3 nitrogen and oxygen atoms in total. The van der Waals surface area contributed by atoms with Gasteiger partial charge in [0.2, 0.25) is 0 Å². The molecule has 0 bridgehead atoms. The van der Waals surface area contributed by atoms with Gasteiger partial charge >= 0.3 is 0 Å². The predicted octanol–water partition coefficient (Wildman–Crippen LogP) is 10.4. The van der Waals surface area contributed by atoms with Crippen LogP contribution in [-0.4, -0.2) is 14.5 Å². The highest BCUT2D eigenvalue weighted by Crippen LogP contribution is 2.42. The normalized spacial score (nSPS) is 11.7. The van der Waals surface area contributed by atoms with Gasteiger partial charge in [0.1, 0.15) is 5.69 Å². The Labute approximate surface area is 248 Å². The molecule has 0 aliphatic heterocycles. The van der Waals surface area contributed by atoms with Crippen molar-refractivity contribution in [2.45, 2.75) is 0 Å². The molecule has 9 rings (SSSR count). The Morgan fingerprint density at radius 3 is 1.72 bits per heavy atom. The van der Waals surface area contributed by atoms with Crippen molar-refractivity contribution in [3.05, 3.63) is 152 Å². The number of benzene rings is 7. The summed E-state index contributed by atoms with van der Waals surface area (Å²) in [5.74, 6) is 0.829. The third kappa shape index (κ3) is 3.62. The Hall–Kier alpha value is -5.80. The number of hydrogen-bond donors (Lipinski definition) is 0. The van der Waals surface area contributed by atoms with Crippen LogP contribution in [0.2, 0.25) is 0 Å².